The summed E-state index contributed by atoms with van der Waals surface area (Å²) in [6.07, 6.45) is -22.7. The first kappa shape index (κ1) is 46.8. The smallest absolute Gasteiger partial charge is 0.200 e. The lowest BCUT2D eigenvalue weighted by molar-refractivity contribution is -0.441. The van der Waals surface area contributed by atoms with E-state index in [2.05, 4.69) is 0 Å². The topological polar surface area (TPSA) is 0 Å². The molecular weight excluding hydrogens is 830 g/mol. The molecule has 0 fully saturated rings. The zero-order valence-corrected chi connectivity index (χ0v) is 25.2. The highest BCUT2D eigenvalue weighted by Gasteiger charge is 2.92. The summed E-state index contributed by atoms with van der Waals surface area (Å²) in [5, 5.41) is 0. The fraction of sp³-hybridized carbons (Fsp3) is 0.571. The predicted octanol–water partition coefficient (Wildman–Crippen LogP) is 12.8. The minimum atomic E-state index is -8.48. The van der Waals surface area contributed by atoms with Crippen molar-refractivity contribution in [3.05, 3.63) is 71.8 Å². The van der Waals surface area contributed by atoms with Gasteiger partial charge >= 0.3 is 71.6 Å². The summed E-state index contributed by atoms with van der Waals surface area (Å²) in [6.45, 7) is 0. The van der Waals surface area contributed by atoms with Gasteiger partial charge < -0.3 is 0 Å². The number of benzene rings is 2. The number of halogens is 26. The molecule has 0 spiro atoms. The summed E-state index contributed by atoms with van der Waals surface area (Å²) in [5.74, 6) is -87.8. The van der Waals surface area contributed by atoms with Gasteiger partial charge in [0.25, 0.3) is 0 Å². The van der Waals surface area contributed by atoms with Crippen molar-refractivity contribution in [3.8, 4) is 0 Å². The second kappa shape index (κ2) is 13.7. The van der Waals surface area contributed by atoms with Crippen molar-refractivity contribution in [1.82, 2.24) is 0 Å². The Bertz CT molecular complexity index is 1440. The Kier molecular flexibility index (Phi) is 11.8. The molecule has 0 heterocycles. The van der Waals surface area contributed by atoms with Crippen molar-refractivity contribution in [3.63, 3.8) is 0 Å². The lowest BCUT2D eigenvalue weighted by Crippen LogP contribution is -2.70. The predicted molar refractivity (Wildman–Crippen MR) is 129 cm³/mol. The molecule has 2 rings (SSSR count). The molecule has 0 nitrogen and oxygen atoms in total. The SMILES string of the molecule is FC(F)(F)C(F)(F)C(F)(F)C(F)(F)C(F)(F)C(F)(F)C[C@H](c1ccccc1)[C@@H](CC(F)(F)C(F)(F)C(F)(F)C(F)(F)C(F)(F)C(F)(F)F)c1ccccc1. The Balaban J connectivity index is 2.89. The van der Waals surface area contributed by atoms with Gasteiger partial charge in [-0.2, -0.15) is 114 Å². The van der Waals surface area contributed by atoms with Crippen LogP contribution in [0.4, 0.5) is 114 Å². The van der Waals surface area contributed by atoms with E-state index in [0.717, 1.165) is 12.1 Å². The lowest BCUT2D eigenvalue weighted by atomic mass is 9.73. The van der Waals surface area contributed by atoms with Crippen LogP contribution in [0.25, 0.3) is 0 Å². The van der Waals surface area contributed by atoms with E-state index in [0.29, 0.717) is 48.5 Å². The molecular formula is C28H16F26. The number of rotatable bonds is 15. The minimum absolute atomic E-state index is 0.322. The van der Waals surface area contributed by atoms with E-state index in [-0.39, 0.29) is 0 Å². The van der Waals surface area contributed by atoms with E-state index in [9.17, 15) is 96.6 Å². The van der Waals surface area contributed by atoms with E-state index >= 15 is 17.6 Å². The van der Waals surface area contributed by atoms with E-state index in [1.54, 1.807) is 0 Å². The fourth-order valence-corrected chi connectivity index (χ4v) is 4.80. The molecule has 54 heavy (non-hydrogen) atoms. The van der Waals surface area contributed by atoms with Crippen LogP contribution >= 0.6 is 0 Å². The van der Waals surface area contributed by atoms with Crippen LogP contribution in [0, 0.1) is 0 Å². The molecule has 0 aliphatic carbocycles. The zero-order valence-electron chi connectivity index (χ0n) is 25.2. The van der Waals surface area contributed by atoms with Gasteiger partial charge in [-0.05, 0) is 23.0 Å². The molecule has 0 N–H and O–H groups in total. The van der Waals surface area contributed by atoms with Crippen molar-refractivity contribution < 1.29 is 114 Å². The number of hydrogen-bond donors (Lipinski definition) is 0. The minimum Gasteiger partial charge on any atom is -0.200 e. The largest absolute Gasteiger partial charge is 0.460 e. The summed E-state index contributed by atoms with van der Waals surface area (Å²) in [7, 11) is 0. The molecule has 26 heteroatoms. The lowest BCUT2D eigenvalue weighted by Gasteiger charge is -2.42. The van der Waals surface area contributed by atoms with Gasteiger partial charge in [0.15, 0.2) is 0 Å². The first-order valence-electron chi connectivity index (χ1n) is 13.7. The van der Waals surface area contributed by atoms with E-state index in [4.69, 9.17) is 0 Å². The van der Waals surface area contributed by atoms with Crippen molar-refractivity contribution in [2.24, 2.45) is 0 Å². The molecule has 0 unspecified atom stereocenters. The van der Waals surface area contributed by atoms with E-state index in [1.165, 1.54) is 0 Å². The summed E-state index contributed by atoms with van der Waals surface area (Å²) in [6, 6.07) is 5.38. The summed E-state index contributed by atoms with van der Waals surface area (Å²) in [4.78, 5) is 0. The van der Waals surface area contributed by atoms with E-state index < -0.39 is 107 Å². The van der Waals surface area contributed by atoms with Gasteiger partial charge in [-0.3, -0.25) is 0 Å². The van der Waals surface area contributed by atoms with Gasteiger partial charge in [0.2, 0.25) is 0 Å². The highest BCUT2D eigenvalue weighted by Crippen LogP contribution is 2.64. The highest BCUT2D eigenvalue weighted by atomic mass is 19.4. The summed E-state index contributed by atoms with van der Waals surface area (Å²) in [5.41, 5.74) is -2.56. The maximum atomic E-state index is 15.1. The van der Waals surface area contributed by atoms with Crippen LogP contribution < -0.4 is 0 Å². The average molecular weight is 846 g/mol. The monoisotopic (exact) mass is 846 g/mol. The zero-order chi connectivity index (χ0) is 42.8. The Morgan fingerprint density at radius 3 is 0.685 bits per heavy atom. The number of hydrogen-bond acceptors (Lipinski definition) is 0. The molecule has 0 aliphatic heterocycles. The Hall–Kier alpha value is -3.38. The molecule has 0 aromatic heterocycles. The second-order valence-corrected chi connectivity index (χ2v) is 11.4. The molecule has 0 saturated heterocycles. The summed E-state index contributed by atoms with van der Waals surface area (Å²) < 4.78 is 360. The van der Waals surface area contributed by atoms with Crippen LogP contribution in [0.5, 0.6) is 0 Å². The Labute approximate surface area is 283 Å². The fourth-order valence-electron chi connectivity index (χ4n) is 4.80. The molecule has 0 aliphatic rings. The molecule has 0 saturated carbocycles. The Morgan fingerprint density at radius 1 is 0.278 bits per heavy atom. The van der Waals surface area contributed by atoms with Crippen LogP contribution in [0.15, 0.2) is 60.7 Å². The summed E-state index contributed by atoms with van der Waals surface area (Å²) >= 11 is 0. The molecule has 0 amide bonds. The van der Waals surface area contributed by atoms with E-state index in [1.807, 2.05) is 0 Å². The van der Waals surface area contributed by atoms with Gasteiger partial charge in [-0.25, -0.2) is 0 Å². The van der Waals surface area contributed by atoms with Crippen LogP contribution in [-0.4, -0.2) is 71.6 Å². The molecule has 310 valence electrons. The van der Waals surface area contributed by atoms with Crippen LogP contribution in [0.1, 0.15) is 35.8 Å². The quantitative estimate of drug-likeness (QED) is 0.157. The highest BCUT2D eigenvalue weighted by molar-refractivity contribution is 5.31. The van der Waals surface area contributed by atoms with Gasteiger partial charge in [-0.1, -0.05) is 60.7 Å². The maximum absolute atomic E-state index is 15.1. The number of alkyl halides is 26. The van der Waals surface area contributed by atoms with Crippen molar-refractivity contribution in [2.75, 3.05) is 0 Å². The average Bonchev–Trinajstić information content (AvgIpc) is 3.01. The van der Waals surface area contributed by atoms with Crippen LogP contribution in [0.2, 0.25) is 0 Å². The third-order valence-electron chi connectivity index (χ3n) is 7.89. The van der Waals surface area contributed by atoms with Crippen molar-refractivity contribution in [1.29, 1.82) is 0 Å². The standard InChI is InChI=1S/C28H16F26/c29-17(30,19(33,34)21(37,38)23(41,42)25(45,46)27(49,50)51)11-15(13-7-3-1-4-8-13)16(14-9-5-2-6-10-14)12-18(31,32)20(35,36)22(39,40)24(43,44)26(47,48)28(52,53)54/h1-10,15-16H,11-12H2/t15-,16+. The van der Waals surface area contributed by atoms with Gasteiger partial charge in [0, 0.05) is 12.8 Å². The molecule has 2 atom stereocenters. The van der Waals surface area contributed by atoms with Gasteiger partial charge in [0.05, 0.1) is 0 Å². The molecule has 2 aromatic carbocycles. The maximum Gasteiger partial charge on any atom is 0.460 e. The normalized spacial score (nSPS) is 16.7. The van der Waals surface area contributed by atoms with Crippen LogP contribution in [0.3, 0.4) is 0 Å². The van der Waals surface area contributed by atoms with Gasteiger partial charge in [-0.15, -0.1) is 0 Å². The van der Waals surface area contributed by atoms with Crippen LogP contribution in [-0.2, 0) is 0 Å². The Morgan fingerprint density at radius 2 is 0.481 bits per heavy atom. The van der Waals surface area contributed by atoms with Crippen molar-refractivity contribution in [2.45, 2.75) is 96.3 Å². The third-order valence-corrected chi connectivity index (χ3v) is 7.89. The third kappa shape index (κ3) is 7.10. The molecule has 0 radical (unpaired) electrons. The van der Waals surface area contributed by atoms with Crippen molar-refractivity contribution >= 4 is 0 Å². The molecule has 2 aromatic rings. The van der Waals surface area contributed by atoms with Gasteiger partial charge in [0.1, 0.15) is 0 Å². The second-order valence-electron chi connectivity index (χ2n) is 11.4. The first-order chi connectivity index (χ1) is 23.7. The molecule has 0 bridgehead atoms. The first-order valence-corrected chi connectivity index (χ1v) is 13.7.